The Morgan fingerprint density at radius 2 is 0.727 bits per heavy atom. The third-order valence-electron chi connectivity index (χ3n) is 4.89. The van der Waals surface area contributed by atoms with Gasteiger partial charge in [-0.25, -0.2) is 0 Å². The van der Waals surface area contributed by atoms with E-state index in [9.17, 15) is 0 Å². The van der Waals surface area contributed by atoms with Crippen LogP contribution in [-0.4, -0.2) is 0 Å². The minimum Gasteiger partial charge on any atom is -0.0625 e. The largest absolute Gasteiger partial charge is 0.0625 e. The van der Waals surface area contributed by atoms with Crippen LogP contribution >= 0.6 is 0 Å². The van der Waals surface area contributed by atoms with Crippen LogP contribution < -0.4 is 0 Å². The van der Waals surface area contributed by atoms with Gasteiger partial charge in [0.05, 0.1) is 0 Å². The molecule has 1 atom stereocenters. The van der Waals surface area contributed by atoms with Gasteiger partial charge < -0.3 is 0 Å². The van der Waals surface area contributed by atoms with Gasteiger partial charge in [-0.05, 0) is 5.92 Å². The molecule has 0 nitrogen and oxygen atoms in total. The Balaban J connectivity index is 3.11. The van der Waals surface area contributed by atoms with E-state index in [1.165, 1.54) is 103 Å². The molecule has 0 aliphatic carbocycles. The maximum absolute atomic E-state index is 3.90. The lowest BCUT2D eigenvalue weighted by Crippen LogP contribution is -1.95. The first kappa shape index (κ1) is 22.0. The average Bonchev–Trinajstić information content (AvgIpc) is 2.52. The molecule has 1 unspecified atom stereocenters. The standard InChI is InChI=1S/C22H44/c1-4-6-8-10-12-13-15-17-19-21-22(3)20-18-16-14-11-9-7-5-2/h22H,1-2,4-21H2,3H3. The summed E-state index contributed by atoms with van der Waals surface area (Å²) in [7, 11) is 0. The first-order valence-corrected chi connectivity index (χ1v) is 10.4. The van der Waals surface area contributed by atoms with E-state index < -0.39 is 0 Å². The van der Waals surface area contributed by atoms with E-state index in [0.29, 0.717) is 0 Å². The van der Waals surface area contributed by atoms with E-state index in [2.05, 4.69) is 20.8 Å². The molecule has 0 aromatic heterocycles. The van der Waals surface area contributed by atoms with Crippen molar-refractivity contribution in [1.82, 2.24) is 0 Å². The van der Waals surface area contributed by atoms with Crippen LogP contribution in [0.5, 0.6) is 0 Å². The average molecular weight is 309 g/mol. The lowest BCUT2D eigenvalue weighted by Gasteiger charge is -2.11. The van der Waals surface area contributed by atoms with Gasteiger partial charge in [-0.15, -0.1) is 0 Å². The Hall–Kier alpha value is 0. The van der Waals surface area contributed by atoms with Crippen molar-refractivity contribution < 1.29 is 0 Å². The summed E-state index contributed by atoms with van der Waals surface area (Å²) in [6.07, 6.45) is 25.1. The minimum atomic E-state index is 0.955. The smallest absolute Gasteiger partial charge is 0.0443 e. The van der Waals surface area contributed by atoms with Crippen LogP contribution in [0, 0.1) is 19.8 Å². The third-order valence-corrected chi connectivity index (χ3v) is 4.89. The van der Waals surface area contributed by atoms with Crippen LogP contribution in [0.2, 0.25) is 0 Å². The highest BCUT2D eigenvalue weighted by atomic mass is 14.1. The third kappa shape index (κ3) is 18.1. The predicted octanol–water partition coefficient (Wildman–Crippen LogP) is 8.31. The van der Waals surface area contributed by atoms with Gasteiger partial charge in [0.15, 0.2) is 0 Å². The molecule has 0 fully saturated rings. The van der Waals surface area contributed by atoms with Crippen LogP contribution in [0.25, 0.3) is 0 Å². The van der Waals surface area contributed by atoms with Crippen molar-refractivity contribution in [3.05, 3.63) is 13.8 Å². The van der Waals surface area contributed by atoms with E-state index in [0.717, 1.165) is 18.8 Å². The molecule has 0 heterocycles. The summed E-state index contributed by atoms with van der Waals surface area (Å²) in [6.45, 7) is 10.3. The van der Waals surface area contributed by atoms with Crippen molar-refractivity contribution in [2.24, 2.45) is 5.92 Å². The maximum atomic E-state index is 3.90. The van der Waals surface area contributed by atoms with Gasteiger partial charge in [-0.1, -0.05) is 136 Å². The molecule has 2 radical (unpaired) electrons. The second-order valence-electron chi connectivity index (χ2n) is 7.34. The van der Waals surface area contributed by atoms with Gasteiger partial charge in [0.25, 0.3) is 0 Å². The minimum absolute atomic E-state index is 0.955. The summed E-state index contributed by atoms with van der Waals surface area (Å²) in [5.41, 5.74) is 0. The molecule has 0 saturated carbocycles. The molecule has 132 valence electrons. The molecule has 0 N–H and O–H groups in total. The highest BCUT2D eigenvalue weighted by Gasteiger charge is 2.02. The molecule has 22 heavy (non-hydrogen) atoms. The Bertz CT molecular complexity index is 184. The van der Waals surface area contributed by atoms with E-state index in [1.54, 1.807) is 0 Å². The van der Waals surface area contributed by atoms with Crippen molar-refractivity contribution >= 4 is 0 Å². The molecule has 0 heteroatoms. The summed E-state index contributed by atoms with van der Waals surface area (Å²) in [6, 6.07) is 0. The van der Waals surface area contributed by atoms with Crippen LogP contribution in [0.3, 0.4) is 0 Å². The zero-order valence-electron chi connectivity index (χ0n) is 15.7. The van der Waals surface area contributed by atoms with Gasteiger partial charge in [0.1, 0.15) is 0 Å². The van der Waals surface area contributed by atoms with Gasteiger partial charge in [-0.3, -0.25) is 0 Å². The number of unbranched alkanes of at least 4 members (excludes halogenated alkanes) is 14. The fraction of sp³-hybridized carbons (Fsp3) is 0.909. The van der Waals surface area contributed by atoms with Gasteiger partial charge >= 0.3 is 0 Å². The molecule has 0 aromatic carbocycles. The molecule has 0 aromatic rings. The van der Waals surface area contributed by atoms with Gasteiger partial charge in [0, 0.05) is 0 Å². The lowest BCUT2D eigenvalue weighted by atomic mass is 9.96. The highest BCUT2D eigenvalue weighted by Crippen LogP contribution is 2.18. The molecule has 0 spiro atoms. The van der Waals surface area contributed by atoms with Gasteiger partial charge in [0.2, 0.25) is 0 Å². The molecule has 0 aliphatic heterocycles. The molecule has 0 bridgehead atoms. The Morgan fingerprint density at radius 3 is 1.05 bits per heavy atom. The summed E-state index contributed by atoms with van der Waals surface area (Å²) in [5, 5.41) is 0. The Kier molecular flexibility index (Phi) is 19.0. The zero-order chi connectivity index (χ0) is 16.3. The van der Waals surface area contributed by atoms with Crippen molar-refractivity contribution in [3.8, 4) is 0 Å². The second kappa shape index (κ2) is 19.0. The maximum Gasteiger partial charge on any atom is -0.0443 e. The zero-order valence-corrected chi connectivity index (χ0v) is 15.7. The second-order valence-corrected chi connectivity index (χ2v) is 7.34. The molecule has 0 amide bonds. The van der Waals surface area contributed by atoms with E-state index >= 15 is 0 Å². The summed E-state index contributed by atoms with van der Waals surface area (Å²) in [4.78, 5) is 0. The van der Waals surface area contributed by atoms with Crippen LogP contribution in [0.4, 0.5) is 0 Å². The van der Waals surface area contributed by atoms with Crippen molar-refractivity contribution in [1.29, 1.82) is 0 Å². The van der Waals surface area contributed by atoms with Crippen LogP contribution in [-0.2, 0) is 0 Å². The monoisotopic (exact) mass is 308 g/mol. The molecular weight excluding hydrogens is 264 g/mol. The fourth-order valence-electron chi connectivity index (χ4n) is 3.25. The normalized spacial score (nSPS) is 12.7. The topological polar surface area (TPSA) is 0 Å². The van der Waals surface area contributed by atoms with E-state index in [4.69, 9.17) is 0 Å². The van der Waals surface area contributed by atoms with Crippen molar-refractivity contribution in [2.75, 3.05) is 0 Å². The highest BCUT2D eigenvalue weighted by molar-refractivity contribution is 4.56. The Morgan fingerprint density at radius 1 is 0.455 bits per heavy atom. The molecule has 0 rings (SSSR count). The number of hydrogen-bond donors (Lipinski definition) is 0. The quantitative estimate of drug-likeness (QED) is 0.223. The van der Waals surface area contributed by atoms with Crippen molar-refractivity contribution in [2.45, 2.75) is 122 Å². The van der Waals surface area contributed by atoms with Crippen LogP contribution in [0.1, 0.15) is 122 Å². The first-order valence-electron chi connectivity index (χ1n) is 10.4. The number of hydrogen-bond acceptors (Lipinski definition) is 0. The van der Waals surface area contributed by atoms with E-state index in [1.807, 2.05) is 0 Å². The summed E-state index contributed by atoms with van der Waals surface area (Å²) >= 11 is 0. The number of rotatable bonds is 18. The van der Waals surface area contributed by atoms with Crippen LogP contribution in [0.15, 0.2) is 0 Å². The SMILES string of the molecule is [CH2]CCCCCCCCCCC(C)CCCCCCCC[CH2]. The Labute approximate surface area is 142 Å². The lowest BCUT2D eigenvalue weighted by molar-refractivity contribution is 0.430. The molecular formula is C22H44. The van der Waals surface area contributed by atoms with E-state index in [-0.39, 0.29) is 0 Å². The fourth-order valence-corrected chi connectivity index (χ4v) is 3.25. The predicted molar refractivity (Wildman–Crippen MR) is 103 cm³/mol. The first-order chi connectivity index (χ1) is 10.8. The summed E-state index contributed by atoms with van der Waals surface area (Å²) < 4.78 is 0. The summed E-state index contributed by atoms with van der Waals surface area (Å²) in [5.74, 6) is 0.955. The van der Waals surface area contributed by atoms with Gasteiger partial charge in [-0.2, -0.15) is 0 Å². The molecule has 0 aliphatic rings. The molecule has 0 saturated heterocycles. The van der Waals surface area contributed by atoms with Crippen molar-refractivity contribution in [3.63, 3.8) is 0 Å².